The molecule has 1 heterocycles. The summed E-state index contributed by atoms with van der Waals surface area (Å²) in [6.07, 6.45) is 0. The molecule has 27 heavy (non-hydrogen) atoms. The molecule has 3 aromatic rings. The maximum Gasteiger partial charge on any atom is 0.251 e. The van der Waals surface area contributed by atoms with Crippen molar-refractivity contribution in [3.05, 3.63) is 65.5 Å². The summed E-state index contributed by atoms with van der Waals surface area (Å²) in [7, 11) is 5.22. The summed E-state index contributed by atoms with van der Waals surface area (Å²) in [6, 6.07) is 15.0. The van der Waals surface area contributed by atoms with E-state index in [1.54, 1.807) is 14.2 Å². The Bertz CT molecular complexity index is 888. The third kappa shape index (κ3) is 4.71. The van der Waals surface area contributed by atoms with Crippen molar-refractivity contribution in [3.63, 3.8) is 0 Å². The molecule has 1 amide bonds. The van der Waals surface area contributed by atoms with Gasteiger partial charge in [0.25, 0.3) is 5.91 Å². The fraction of sp³-hybridized carbons (Fsp3) is 0.250. The summed E-state index contributed by atoms with van der Waals surface area (Å²) in [5, 5.41) is 10.8. The molecular weight excluding hydrogens is 344 g/mol. The second-order valence-electron chi connectivity index (χ2n) is 6.18. The number of carbonyl (C=O) groups excluding carboxylic acids is 1. The van der Waals surface area contributed by atoms with Crippen LogP contribution in [0.5, 0.6) is 5.75 Å². The molecule has 0 aliphatic carbocycles. The predicted octanol–water partition coefficient (Wildman–Crippen LogP) is 2.74. The first-order valence-electron chi connectivity index (χ1n) is 8.55. The Morgan fingerprint density at radius 3 is 2.41 bits per heavy atom. The van der Waals surface area contributed by atoms with Crippen molar-refractivity contribution < 1.29 is 13.9 Å². The maximum absolute atomic E-state index is 11.6. The SMILES string of the molecule is CNC(=O)c1ccc(CN(C)Cc2nnc(-c3ccc(OC)cc3)o2)cc1. The molecule has 0 aliphatic rings. The first-order valence-corrected chi connectivity index (χ1v) is 8.55. The van der Waals surface area contributed by atoms with Crippen molar-refractivity contribution in [2.45, 2.75) is 13.1 Å². The van der Waals surface area contributed by atoms with E-state index in [1.165, 1.54) is 0 Å². The van der Waals surface area contributed by atoms with Gasteiger partial charge in [0.05, 0.1) is 13.7 Å². The molecule has 0 atom stereocenters. The number of hydrogen-bond donors (Lipinski definition) is 1. The Hall–Kier alpha value is -3.19. The van der Waals surface area contributed by atoms with E-state index in [9.17, 15) is 4.79 Å². The molecule has 0 unspecified atom stereocenters. The molecule has 7 heteroatoms. The van der Waals surface area contributed by atoms with Gasteiger partial charge in [-0.1, -0.05) is 12.1 Å². The number of amides is 1. The van der Waals surface area contributed by atoms with Crippen LogP contribution in [0.2, 0.25) is 0 Å². The highest BCUT2D eigenvalue weighted by atomic mass is 16.5. The molecule has 0 radical (unpaired) electrons. The van der Waals surface area contributed by atoms with Gasteiger partial charge in [-0.3, -0.25) is 9.69 Å². The standard InChI is InChI=1S/C20H22N4O3/c1-21-19(25)15-6-4-14(5-7-15)12-24(2)13-18-22-23-20(27-18)16-8-10-17(26-3)11-9-16/h4-11H,12-13H2,1-3H3,(H,21,25). The Morgan fingerprint density at radius 1 is 1.07 bits per heavy atom. The zero-order chi connectivity index (χ0) is 19.2. The van der Waals surface area contributed by atoms with Crippen molar-refractivity contribution >= 4 is 5.91 Å². The van der Waals surface area contributed by atoms with Crippen LogP contribution in [0.1, 0.15) is 21.8 Å². The van der Waals surface area contributed by atoms with E-state index in [4.69, 9.17) is 9.15 Å². The summed E-state index contributed by atoms with van der Waals surface area (Å²) >= 11 is 0. The van der Waals surface area contributed by atoms with Crippen LogP contribution in [-0.4, -0.2) is 42.2 Å². The number of carbonyl (C=O) groups is 1. The third-order valence-corrected chi connectivity index (χ3v) is 4.10. The van der Waals surface area contributed by atoms with E-state index in [1.807, 2.05) is 55.6 Å². The van der Waals surface area contributed by atoms with E-state index in [2.05, 4.69) is 20.4 Å². The van der Waals surface area contributed by atoms with Gasteiger partial charge in [0.1, 0.15) is 5.75 Å². The van der Waals surface area contributed by atoms with Crippen molar-refractivity contribution in [2.24, 2.45) is 0 Å². The lowest BCUT2D eigenvalue weighted by Gasteiger charge is -2.14. The number of benzene rings is 2. The molecule has 0 bridgehead atoms. The molecule has 0 aliphatic heterocycles. The molecular formula is C20H22N4O3. The number of ether oxygens (including phenoxy) is 1. The van der Waals surface area contributed by atoms with Crippen LogP contribution < -0.4 is 10.1 Å². The fourth-order valence-electron chi connectivity index (χ4n) is 2.67. The van der Waals surface area contributed by atoms with E-state index >= 15 is 0 Å². The molecule has 3 rings (SSSR count). The van der Waals surface area contributed by atoms with Crippen LogP contribution in [-0.2, 0) is 13.1 Å². The summed E-state index contributed by atoms with van der Waals surface area (Å²) in [5.41, 5.74) is 2.59. The highest BCUT2D eigenvalue weighted by Crippen LogP contribution is 2.21. The number of rotatable bonds is 7. The molecule has 1 N–H and O–H groups in total. The summed E-state index contributed by atoms with van der Waals surface area (Å²) in [5.74, 6) is 1.72. The van der Waals surface area contributed by atoms with Crippen molar-refractivity contribution in [2.75, 3.05) is 21.2 Å². The average molecular weight is 366 g/mol. The molecule has 140 valence electrons. The van der Waals surface area contributed by atoms with E-state index < -0.39 is 0 Å². The Balaban J connectivity index is 1.60. The van der Waals surface area contributed by atoms with Crippen LogP contribution in [0.3, 0.4) is 0 Å². The third-order valence-electron chi connectivity index (χ3n) is 4.10. The van der Waals surface area contributed by atoms with E-state index in [0.717, 1.165) is 16.9 Å². The van der Waals surface area contributed by atoms with Crippen LogP contribution in [0, 0.1) is 0 Å². The monoisotopic (exact) mass is 366 g/mol. The minimum Gasteiger partial charge on any atom is -0.497 e. The predicted molar refractivity (Wildman–Crippen MR) is 101 cm³/mol. The van der Waals surface area contributed by atoms with Gasteiger partial charge in [0.2, 0.25) is 11.8 Å². The second-order valence-corrected chi connectivity index (χ2v) is 6.18. The van der Waals surface area contributed by atoms with Gasteiger partial charge >= 0.3 is 0 Å². The molecule has 1 aromatic heterocycles. The molecule has 0 fully saturated rings. The zero-order valence-electron chi connectivity index (χ0n) is 15.6. The summed E-state index contributed by atoms with van der Waals surface area (Å²) in [6.45, 7) is 1.23. The van der Waals surface area contributed by atoms with Crippen molar-refractivity contribution in [1.29, 1.82) is 0 Å². The van der Waals surface area contributed by atoms with Gasteiger partial charge in [-0.15, -0.1) is 10.2 Å². The number of methoxy groups -OCH3 is 1. The smallest absolute Gasteiger partial charge is 0.251 e. The molecule has 0 saturated heterocycles. The first kappa shape index (κ1) is 18.6. The zero-order valence-corrected chi connectivity index (χ0v) is 15.6. The van der Waals surface area contributed by atoms with Crippen molar-refractivity contribution in [3.8, 4) is 17.2 Å². The van der Waals surface area contributed by atoms with E-state index in [0.29, 0.717) is 30.4 Å². The second kappa shape index (κ2) is 8.46. The molecule has 0 saturated carbocycles. The first-order chi connectivity index (χ1) is 13.1. The lowest BCUT2D eigenvalue weighted by atomic mass is 10.1. The number of aromatic nitrogens is 2. The van der Waals surface area contributed by atoms with Gasteiger partial charge in [-0.25, -0.2) is 0 Å². The summed E-state index contributed by atoms with van der Waals surface area (Å²) in [4.78, 5) is 13.7. The molecule has 7 nitrogen and oxygen atoms in total. The van der Waals surface area contributed by atoms with Crippen molar-refractivity contribution in [1.82, 2.24) is 20.4 Å². The van der Waals surface area contributed by atoms with Crippen LogP contribution >= 0.6 is 0 Å². The van der Waals surface area contributed by atoms with Gasteiger partial charge in [0.15, 0.2) is 0 Å². The molecule has 2 aromatic carbocycles. The van der Waals surface area contributed by atoms with Gasteiger partial charge < -0.3 is 14.5 Å². The highest BCUT2D eigenvalue weighted by molar-refractivity contribution is 5.93. The van der Waals surface area contributed by atoms with Gasteiger partial charge in [-0.2, -0.15) is 0 Å². The van der Waals surface area contributed by atoms with Crippen LogP contribution in [0.25, 0.3) is 11.5 Å². The Kier molecular flexibility index (Phi) is 5.83. The quantitative estimate of drug-likeness (QED) is 0.692. The van der Waals surface area contributed by atoms with Crippen LogP contribution in [0.15, 0.2) is 52.9 Å². The van der Waals surface area contributed by atoms with E-state index in [-0.39, 0.29) is 5.91 Å². The lowest BCUT2D eigenvalue weighted by Crippen LogP contribution is -2.19. The largest absolute Gasteiger partial charge is 0.497 e. The highest BCUT2D eigenvalue weighted by Gasteiger charge is 2.11. The number of nitrogens with zero attached hydrogens (tertiary/aromatic N) is 3. The number of nitrogens with one attached hydrogen (secondary N) is 1. The van der Waals surface area contributed by atoms with Gasteiger partial charge in [-0.05, 0) is 49.0 Å². The minimum atomic E-state index is -0.0909. The lowest BCUT2D eigenvalue weighted by molar-refractivity contribution is 0.0963. The number of hydrogen-bond acceptors (Lipinski definition) is 6. The summed E-state index contributed by atoms with van der Waals surface area (Å²) < 4.78 is 10.9. The van der Waals surface area contributed by atoms with Gasteiger partial charge in [0, 0.05) is 24.7 Å². The average Bonchev–Trinajstić information content (AvgIpc) is 3.16. The topological polar surface area (TPSA) is 80.5 Å². The maximum atomic E-state index is 11.6. The Morgan fingerprint density at radius 2 is 1.78 bits per heavy atom. The Labute approximate surface area is 158 Å². The van der Waals surface area contributed by atoms with Crippen LogP contribution in [0.4, 0.5) is 0 Å². The fourth-order valence-corrected chi connectivity index (χ4v) is 2.67. The minimum absolute atomic E-state index is 0.0909. The molecule has 0 spiro atoms. The normalized spacial score (nSPS) is 10.8.